The minimum Gasteiger partial charge on any atom is -0.396 e. The smallest absolute Gasteiger partial charge is 0.244 e. The summed E-state index contributed by atoms with van der Waals surface area (Å²) in [5.41, 5.74) is 0.943. The molecule has 0 radical (unpaired) electrons. The minimum atomic E-state index is -0.700. The summed E-state index contributed by atoms with van der Waals surface area (Å²) in [4.78, 5) is 11.4. The maximum atomic E-state index is 11.4. The third kappa shape index (κ3) is 5.85. The molecule has 0 spiro atoms. The van der Waals surface area contributed by atoms with Crippen LogP contribution < -0.4 is 5.32 Å². The van der Waals surface area contributed by atoms with E-state index in [0.29, 0.717) is 0 Å². The molecule has 0 saturated heterocycles. The molecule has 17 heavy (non-hydrogen) atoms. The summed E-state index contributed by atoms with van der Waals surface area (Å²) < 4.78 is 0. The summed E-state index contributed by atoms with van der Waals surface area (Å²) >= 11 is 0. The first-order chi connectivity index (χ1) is 8.22. The van der Waals surface area contributed by atoms with Crippen molar-refractivity contribution in [2.24, 2.45) is 0 Å². The van der Waals surface area contributed by atoms with E-state index in [4.69, 9.17) is 5.11 Å². The van der Waals surface area contributed by atoms with E-state index in [1.165, 1.54) is 6.08 Å². The van der Waals surface area contributed by atoms with E-state index < -0.39 is 6.10 Å². The number of hydrogen-bond donors (Lipinski definition) is 3. The van der Waals surface area contributed by atoms with E-state index >= 15 is 0 Å². The molecule has 1 atom stereocenters. The van der Waals surface area contributed by atoms with Gasteiger partial charge in [-0.3, -0.25) is 4.79 Å². The fourth-order valence-electron chi connectivity index (χ4n) is 1.26. The van der Waals surface area contributed by atoms with Crippen LogP contribution in [0.15, 0.2) is 36.4 Å². The fraction of sp³-hybridized carbons (Fsp3) is 0.308. The lowest BCUT2D eigenvalue weighted by atomic mass is 10.2. The molecule has 0 bridgehead atoms. The van der Waals surface area contributed by atoms with E-state index in [2.05, 4.69) is 5.32 Å². The molecule has 0 heterocycles. The van der Waals surface area contributed by atoms with Gasteiger partial charge in [0.1, 0.15) is 0 Å². The third-order valence-corrected chi connectivity index (χ3v) is 2.20. The molecule has 0 aromatic heterocycles. The molecule has 4 heteroatoms. The van der Waals surface area contributed by atoms with Gasteiger partial charge in [0, 0.05) is 19.2 Å². The number of amides is 1. The normalized spacial score (nSPS) is 12.6. The molecule has 1 rings (SSSR count). The second kappa shape index (κ2) is 7.60. The van der Waals surface area contributed by atoms with E-state index in [-0.39, 0.29) is 25.5 Å². The van der Waals surface area contributed by atoms with Crippen molar-refractivity contribution in [1.82, 2.24) is 5.32 Å². The SMILES string of the molecule is O=C(C=Cc1ccccc1)NC[C@@H](O)CCO. The molecule has 0 aliphatic heterocycles. The van der Waals surface area contributed by atoms with Gasteiger partial charge in [-0.25, -0.2) is 0 Å². The van der Waals surface area contributed by atoms with Gasteiger partial charge >= 0.3 is 0 Å². The highest BCUT2D eigenvalue weighted by Gasteiger charge is 2.03. The third-order valence-electron chi connectivity index (χ3n) is 2.20. The molecule has 0 saturated carbocycles. The number of benzene rings is 1. The van der Waals surface area contributed by atoms with E-state index in [0.717, 1.165) is 5.56 Å². The van der Waals surface area contributed by atoms with E-state index in [1.54, 1.807) is 6.08 Å². The van der Waals surface area contributed by atoms with Gasteiger partial charge in [-0.05, 0) is 18.1 Å². The zero-order valence-corrected chi connectivity index (χ0v) is 9.54. The molecule has 1 aromatic rings. The van der Waals surface area contributed by atoms with Crippen molar-refractivity contribution in [1.29, 1.82) is 0 Å². The van der Waals surface area contributed by atoms with Gasteiger partial charge in [-0.15, -0.1) is 0 Å². The van der Waals surface area contributed by atoms with Crippen LogP contribution in [-0.4, -0.2) is 35.4 Å². The van der Waals surface area contributed by atoms with Crippen molar-refractivity contribution in [3.8, 4) is 0 Å². The highest BCUT2D eigenvalue weighted by molar-refractivity contribution is 5.91. The Morgan fingerprint density at radius 1 is 1.35 bits per heavy atom. The summed E-state index contributed by atoms with van der Waals surface area (Å²) in [5.74, 6) is -0.258. The molecule has 1 amide bonds. The van der Waals surface area contributed by atoms with Crippen molar-refractivity contribution in [3.63, 3.8) is 0 Å². The molecule has 92 valence electrons. The Kier molecular flexibility index (Phi) is 5.99. The average molecular weight is 235 g/mol. The Morgan fingerprint density at radius 2 is 2.06 bits per heavy atom. The molecule has 3 N–H and O–H groups in total. The van der Waals surface area contributed by atoms with Crippen LogP contribution in [0.3, 0.4) is 0 Å². The number of nitrogens with one attached hydrogen (secondary N) is 1. The summed E-state index contributed by atoms with van der Waals surface area (Å²) in [6, 6.07) is 9.47. The predicted octanol–water partition coefficient (Wildman–Crippen LogP) is 0.559. The molecular formula is C13H17NO3. The first-order valence-corrected chi connectivity index (χ1v) is 5.52. The lowest BCUT2D eigenvalue weighted by molar-refractivity contribution is -0.116. The number of rotatable bonds is 6. The number of hydrogen-bond acceptors (Lipinski definition) is 3. The molecule has 0 fully saturated rings. The van der Waals surface area contributed by atoms with Crippen LogP contribution in [0.1, 0.15) is 12.0 Å². The Labute approximate surface area is 101 Å². The van der Waals surface area contributed by atoms with Crippen molar-refractivity contribution < 1.29 is 15.0 Å². The van der Waals surface area contributed by atoms with E-state index in [9.17, 15) is 9.90 Å². The lowest BCUT2D eigenvalue weighted by Gasteiger charge is -2.08. The van der Waals surface area contributed by atoms with Gasteiger partial charge in [0.05, 0.1) is 6.10 Å². The van der Waals surface area contributed by atoms with Crippen molar-refractivity contribution in [3.05, 3.63) is 42.0 Å². The van der Waals surface area contributed by atoms with Gasteiger partial charge < -0.3 is 15.5 Å². The van der Waals surface area contributed by atoms with Crippen LogP contribution in [0, 0.1) is 0 Å². The van der Waals surface area contributed by atoms with Crippen molar-refractivity contribution >= 4 is 12.0 Å². The Morgan fingerprint density at radius 3 is 2.71 bits per heavy atom. The zero-order valence-electron chi connectivity index (χ0n) is 9.54. The Bertz CT molecular complexity index is 362. The van der Waals surface area contributed by atoms with Crippen LogP contribution in [0.2, 0.25) is 0 Å². The van der Waals surface area contributed by atoms with Gasteiger partial charge in [-0.2, -0.15) is 0 Å². The van der Waals surface area contributed by atoms with Crippen LogP contribution in [0.4, 0.5) is 0 Å². The topological polar surface area (TPSA) is 69.6 Å². The monoisotopic (exact) mass is 235 g/mol. The molecular weight excluding hydrogens is 218 g/mol. The van der Waals surface area contributed by atoms with Gasteiger partial charge in [0.15, 0.2) is 0 Å². The van der Waals surface area contributed by atoms with Crippen LogP contribution >= 0.6 is 0 Å². The van der Waals surface area contributed by atoms with Crippen LogP contribution in [-0.2, 0) is 4.79 Å². The van der Waals surface area contributed by atoms with Gasteiger partial charge in [-0.1, -0.05) is 30.3 Å². The highest BCUT2D eigenvalue weighted by atomic mass is 16.3. The summed E-state index contributed by atoms with van der Waals surface area (Å²) in [6.07, 6.45) is 2.69. The summed E-state index contributed by atoms with van der Waals surface area (Å²) in [7, 11) is 0. The van der Waals surface area contributed by atoms with Gasteiger partial charge in [0.2, 0.25) is 5.91 Å². The van der Waals surface area contributed by atoms with Crippen LogP contribution in [0.5, 0.6) is 0 Å². The highest BCUT2D eigenvalue weighted by Crippen LogP contribution is 2.00. The number of aliphatic hydroxyl groups is 2. The zero-order chi connectivity index (χ0) is 12.5. The largest absolute Gasteiger partial charge is 0.396 e. The number of aliphatic hydroxyl groups excluding tert-OH is 2. The predicted molar refractivity (Wildman–Crippen MR) is 66.2 cm³/mol. The molecule has 4 nitrogen and oxygen atoms in total. The lowest BCUT2D eigenvalue weighted by Crippen LogP contribution is -2.31. The number of carbonyl (C=O) groups is 1. The quantitative estimate of drug-likeness (QED) is 0.631. The summed E-state index contributed by atoms with van der Waals surface area (Å²) in [6.45, 7) is 0.0649. The van der Waals surface area contributed by atoms with Crippen molar-refractivity contribution in [2.45, 2.75) is 12.5 Å². The molecule has 1 aromatic carbocycles. The number of carbonyl (C=O) groups excluding carboxylic acids is 1. The van der Waals surface area contributed by atoms with Crippen LogP contribution in [0.25, 0.3) is 6.08 Å². The molecule has 0 aliphatic rings. The van der Waals surface area contributed by atoms with E-state index in [1.807, 2.05) is 30.3 Å². The second-order valence-corrected chi connectivity index (χ2v) is 3.66. The molecule has 0 unspecified atom stereocenters. The van der Waals surface area contributed by atoms with Gasteiger partial charge in [0.25, 0.3) is 0 Å². The Hall–Kier alpha value is -1.65. The molecule has 0 aliphatic carbocycles. The minimum absolute atomic E-state index is 0.0864. The van der Waals surface area contributed by atoms with Crippen molar-refractivity contribution in [2.75, 3.05) is 13.2 Å². The first-order valence-electron chi connectivity index (χ1n) is 5.52. The average Bonchev–Trinajstić information content (AvgIpc) is 2.35. The standard InChI is InChI=1S/C13H17NO3/c15-9-8-12(16)10-14-13(17)7-6-11-4-2-1-3-5-11/h1-7,12,15-16H,8-10H2,(H,14,17)/t12-/m0/s1. The fourth-order valence-corrected chi connectivity index (χ4v) is 1.26. The Balaban J connectivity index is 2.32. The summed E-state index contributed by atoms with van der Waals surface area (Å²) in [5, 5.41) is 20.4. The maximum Gasteiger partial charge on any atom is 0.244 e. The maximum absolute atomic E-state index is 11.4. The second-order valence-electron chi connectivity index (χ2n) is 3.66. The first kappa shape index (κ1) is 13.4.